The fourth-order valence-corrected chi connectivity index (χ4v) is 3.81. The van der Waals surface area contributed by atoms with E-state index in [1.54, 1.807) is 0 Å². The number of aryl methyl sites for hydroxylation is 1. The van der Waals surface area contributed by atoms with Crippen LogP contribution >= 0.6 is 0 Å². The number of hydrogen-bond acceptors (Lipinski definition) is 3. The quantitative estimate of drug-likeness (QED) is 0.907. The van der Waals surface area contributed by atoms with Gasteiger partial charge in [0.05, 0.1) is 6.54 Å². The first kappa shape index (κ1) is 12.7. The van der Waals surface area contributed by atoms with Gasteiger partial charge in [0, 0.05) is 18.5 Å². The summed E-state index contributed by atoms with van der Waals surface area (Å²) in [6.07, 6.45) is 4.81. The van der Waals surface area contributed by atoms with E-state index in [9.17, 15) is 4.79 Å². The SMILES string of the molecule is Cc1ccc(CN2C3CCC2CC(CC(=O)O)C3)o1. The Morgan fingerprint density at radius 2 is 2.05 bits per heavy atom. The standard InChI is InChI=1S/C15H21NO3/c1-10-2-5-14(19-10)9-16-12-3-4-13(16)7-11(6-12)8-15(17)18/h2,5,11-13H,3-4,6-9H2,1H3,(H,17,18). The van der Waals surface area contributed by atoms with Crippen LogP contribution in [0.2, 0.25) is 0 Å². The fraction of sp³-hybridized carbons (Fsp3) is 0.667. The van der Waals surface area contributed by atoms with Crippen LogP contribution in [0.3, 0.4) is 0 Å². The molecule has 0 aromatic carbocycles. The Labute approximate surface area is 113 Å². The predicted molar refractivity (Wildman–Crippen MR) is 70.8 cm³/mol. The molecule has 2 bridgehead atoms. The van der Waals surface area contributed by atoms with E-state index in [1.165, 1.54) is 12.8 Å². The van der Waals surface area contributed by atoms with Gasteiger partial charge in [0.2, 0.25) is 0 Å². The zero-order valence-corrected chi connectivity index (χ0v) is 11.3. The van der Waals surface area contributed by atoms with Crippen molar-refractivity contribution in [2.45, 2.75) is 57.7 Å². The van der Waals surface area contributed by atoms with Crippen molar-refractivity contribution in [3.63, 3.8) is 0 Å². The number of piperidine rings is 1. The molecule has 1 N–H and O–H groups in total. The number of hydrogen-bond donors (Lipinski definition) is 1. The molecule has 2 aliphatic heterocycles. The summed E-state index contributed by atoms with van der Waals surface area (Å²) in [5.41, 5.74) is 0. The predicted octanol–water partition coefficient (Wildman–Crippen LogP) is 2.81. The van der Waals surface area contributed by atoms with Crippen LogP contribution in [0.1, 0.15) is 43.6 Å². The van der Waals surface area contributed by atoms with Crippen molar-refractivity contribution in [3.05, 3.63) is 23.7 Å². The van der Waals surface area contributed by atoms with Gasteiger partial charge in [-0.3, -0.25) is 9.69 Å². The van der Waals surface area contributed by atoms with Gasteiger partial charge in [-0.2, -0.15) is 0 Å². The van der Waals surface area contributed by atoms with Crippen molar-refractivity contribution in [1.29, 1.82) is 0 Å². The maximum absolute atomic E-state index is 10.8. The molecule has 2 aliphatic rings. The Bertz CT molecular complexity index is 454. The van der Waals surface area contributed by atoms with Crippen molar-refractivity contribution >= 4 is 5.97 Å². The van der Waals surface area contributed by atoms with Crippen LogP contribution < -0.4 is 0 Å². The van der Waals surface area contributed by atoms with E-state index >= 15 is 0 Å². The first-order valence-corrected chi connectivity index (χ1v) is 7.14. The van der Waals surface area contributed by atoms with E-state index in [2.05, 4.69) is 11.0 Å². The molecule has 2 saturated heterocycles. The molecule has 19 heavy (non-hydrogen) atoms. The fourth-order valence-electron chi connectivity index (χ4n) is 3.81. The van der Waals surface area contributed by atoms with Crippen LogP contribution in [-0.2, 0) is 11.3 Å². The zero-order chi connectivity index (χ0) is 13.4. The van der Waals surface area contributed by atoms with E-state index in [1.807, 2.05) is 13.0 Å². The molecule has 2 atom stereocenters. The summed E-state index contributed by atoms with van der Waals surface area (Å²) in [5.74, 6) is 1.71. The Balaban J connectivity index is 1.64. The van der Waals surface area contributed by atoms with Gasteiger partial charge < -0.3 is 9.52 Å². The third kappa shape index (κ3) is 2.68. The maximum Gasteiger partial charge on any atom is 0.303 e. The van der Waals surface area contributed by atoms with Crippen molar-refractivity contribution in [2.75, 3.05) is 0 Å². The zero-order valence-electron chi connectivity index (χ0n) is 11.3. The van der Waals surface area contributed by atoms with Gasteiger partial charge in [-0.05, 0) is 50.7 Å². The minimum absolute atomic E-state index is 0.334. The molecule has 1 aromatic heterocycles. The molecule has 2 fully saturated rings. The number of carbonyl (C=O) groups is 1. The van der Waals surface area contributed by atoms with Crippen molar-refractivity contribution in [3.8, 4) is 0 Å². The van der Waals surface area contributed by atoms with Crippen molar-refractivity contribution in [2.24, 2.45) is 5.92 Å². The molecular formula is C15H21NO3. The van der Waals surface area contributed by atoms with E-state index in [0.29, 0.717) is 24.4 Å². The Kier molecular flexibility index (Phi) is 3.35. The number of rotatable bonds is 4. The summed E-state index contributed by atoms with van der Waals surface area (Å²) in [5, 5.41) is 8.93. The van der Waals surface area contributed by atoms with E-state index in [0.717, 1.165) is 30.9 Å². The highest BCUT2D eigenvalue weighted by molar-refractivity contribution is 5.67. The average molecular weight is 263 g/mol. The number of carboxylic acids is 1. The van der Waals surface area contributed by atoms with Crippen LogP contribution in [0.5, 0.6) is 0 Å². The third-order valence-electron chi connectivity index (χ3n) is 4.58. The third-order valence-corrected chi connectivity index (χ3v) is 4.58. The van der Waals surface area contributed by atoms with E-state index < -0.39 is 5.97 Å². The Morgan fingerprint density at radius 3 is 2.58 bits per heavy atom. The molecule has 0 spiro atoms. The summed E-state index contributed by atoms with van der Waals surface area (Å²) in [6.45, 7) is 2.85. The second-order valence-corrected chi connectivity index (χ2v) is 6.00. The molecule has 0 radical (unpaired) electrons. The second-order valence-electron chi connectivity index (χ2n) is 6.00. The lowest BCUT2D eigenvalue weighted by atomic mass is 9.88. The van der Waals surface area contributed by atoms with Crippen molar-refractivity contribution in [1.82, 2.24) is 4.90 Å². The first-order chi connectivity index (χ1) is 9.11. The molecule has 3 heterocycles. The number of furan rings is 1. The molecule has 0 amide bonds. The lowest BCUT2D eigenvalue weighted by Gasteiger charge is -2.38. The van der Waals surface area contributed by atoms with Crippen LogP contribution in [0.15, 0.2) is 16.5 Å². The number of fused-ring (bicyclic) bond motifs is 2. The molecule has 4 nitrogen and oxygen atoms in total. The lowest BCUT2D eigenvalue weighted by Crippen LogP contribution is -2.42. The molecule has 1 aromatic rings. The molecule has 2 unspecified atom stereocenters. The summed E-state index contributed by atoms with van der Waals surface area (Å²) >= 11 is 0. The Morgan fingerprint density at radius 1 is 1.37 bits per heavy atom. The van der Waals surface area contributed by atoms with Gasteiger partial charge in [-0.25, -0.2) is 0 Å². The monoisotopic (exact) mass is 263 g/mol. The van der Waals surface area contributed by atoms with Gasteiger partial charge >= 0.3 is 5.97 Å². The molecular weight excluding hydrogens is 242 g/mol. The summed E-state index contributed by atoms with van der Waals surface area (Å²) in [7, 11) is 0. The van der Waals surface area contributed by atoms with E-state index in [4.69, 9.17) is 9.52 Å². The normalized spacial score (nSPS) is 30.7. The van der Waals surface area contributed by atoms with Gasteiger partial charge in [-0.15, -0.1) is 0 Å². The Hall–Kier alpha value is -1.29. The minimum atomic E-state index is -0.653. The van der Waals surface area contributed by atoms with E-state index in [-0.39, 0.29) is 0 Å². The van der Waals surface area contributed by atoms with Crippen LogP contribution in [-0.4, -0.2) is 28.1 Å². The highest BCUT2D eigenvalue weighted by atomic mass is 16.4. The highest BCUT2D eigenvalue weighted by Gasteiger charge is 2.41. The number of aliphatic carboxylic acids is 1. The van der Waals surface area contributed by atoms with Crippen LogP contribution in [0.4, 0.5) is 0 Å². The molecule has 0 saturated carbocycles. The van der Waals surface area contributed by atoms with Crippen molar-refractivity contribution < 1.29 is 14.3 Å². The van der Waals surface area contributed by atoms with Crippen LogP contribution in [0.25, 0.3) is 0 Å². The summed E-state index contributed by atoms with van der Waals surface area (Å²) in [6, 6.07) is 5.16. The van der Waals surface area contributed by atoms with Gasteiger partial charge in [-0.1, -0.05) is 0 Å². The molecule has 3 rings (SSSR count). The van der Waals surface area contributed by atoms with Gasteiger partial charge in [0.15, 0.2) is 0 Å². The smallest absolute Gasteiger partial charge is 0.303 e. The second kappa shape index (κ2) is 5.00. The summed E-state index contributed by atoms with van der Waals surface area (Å²) < 4.78 is 5.67. The largest absolute Gasteiger partial charge is 0.481 e. The topological polar surface area (TPSA) is 53.7 Å². The molecule has 104 valence electrons. The average Bonchev–Trinajstić information content (AvgIpc) is 2.82. The highest BCUT2D eigenvalue weighted by Crippen LogP contribution is 2.40. The number of nitrogens with zero attached hydrogens (tertiary/aromatic N) is 1. The van der Waals surface area contributed by atoms with Gasteiger partial charge in [0.1, 0.15) is 11.5 Å². The minimum Gasteiger partial charge on any atom is -0.481 e. The molecule has 0 aliphatic carbocycles. The first-order valence-electron chi connectivity index (χ1n) is 7.14. The molecule has 4 heteroatoms. The maximum atomic E-state index is 10.8. The summed E-state index contributed by atoms with van der Waals surface area (Å²) in [4.78, 5) is 13.4. The van der Waals surface area contributed by atoms with Crippen LogP contribution in [0, 0.1) is 12.8 Å². The lowest BCUT2D eigenvalue weighted by molar-refractivity contribution is -0.138. The number of carboxylic acid groups (broad SMARTS) is 1. The van der Waals surface area contributed by atoms with Gasteiger partial charge in [0.25, 0.3) is 0 Å².